The summed E-state index contributed by atoms with van der Waals surface area (Å²) in [5.74, 6) is 1.16. The van der Waals surface area contributed by atoms with E-state index in [0.717, 1.165) is 18.6 Å². The summed E-state index contributed by atoms with van der Waals surface area (Å²) in [7, 11) is 0. The third-order valence-corrected chi connectivity index (χ3v) is 3.29. The van der Waals surface area contributed by atoms with Gasteiger partial charge >= 0.3 is 5.69 Å². The van der Waals surface area contributed by atoms with Crippen molar-refractivity contribution in [1.29, 1.82) is 0 Å². The zero-order valence-corrected chi connectivity index (χ0v) is 10.7. The van der Waals surface area contributed by atoms with E-state index >= 15 is 0 Å². The molecule has 0 amide bonds. The first-order chi connectivity index (χ1) is 8.26. The second-order valence-electron chi connectivity index (χ2n) is 4.11. The van der Waals surface area contributed by atoms with E-state index in [1.165, 1.54) is 9.08 Å². The maximum atomic E-state index is 12.0. The third kappa shape index (κ3) is 2.52. The van der Waals surface area contributed by atoms with Gasteiger partial charge in [0.05, 0.1) is 12.7 Å². The highest BCUT2D eigenvalue weighted by molar-refractivity contribution is 7.80. The average molecular weight is 252 g/mol. The molecule has 2 heterocycles. The van der Waals surface area contributed by atoms with E-state index in [9.17, 15) is 4.79 Å². The summed E-state index contributed by atoms with van der Waals surface area (Å²) in [4.78, 5) is 15.9. The van der Waals surface area contributed by atoms with Gasteiger partial charge in [-0.3, -0.25) is 4.98 Å². The molecule has 2 aromatic rings. The Morgan fingerprint density at radius 3 is 3.00 bits per heavy atom. The number of thiol groups is 1. The molecule has 5 nitrogen and oxygen atoms in total. The van der Waals surface area contributed by atoms with Crippen LogP contribution >= 0.6 is 12.6 Å². The molecule has 2 rings (SSSR count). The Morgan fingerprint density at radius 2 is 2.35 bits per heavy atom. The van der Waals surface area contributed by atoms with E-state index in [0.29, 0.717) is 18.1 Å². The SMILES string of the molecule is CCCC(CS)Cn1nc2cnccn2c1=O. The highest BCUT2D eigenvalue weighted by atomic mass is 32.1. The molecule has 17 heavy (non-hydrogen) atoms. The van der Waals surface area contributed by atoms with Gasteiger partial charge < -0.3 is 0 Å². The Morgan fingerprint density at radius 1 is 1.53 bits per heavy atom. The first-order valence-electron chi connectivity index (χ1n) is 5.76. The van der Waals surface area contributed by atoms with Crippen LogP contribution in [-0.4, -0.2) is 24.9 Å². The van der Waals surface area contributed by atoms with Gasteiger partial charge in [-0.05, 0) is 18.1 Å². The van der Waals surface area contributed by atoms with E-state index in [2.05, 4.69) is 29.6 Å². The molecule has 0 saturated carbocycles. The maximum Gasteiger partial charge on any atom is 0.350 e. The summed E-state index contributed by atoms with van der Waals surface area (Å²) < 4.78 is 3.02. The molecule has 0 saturated heterocycles. The number of aromatic nitrogens is 4. The Hall–Kier alpha value is -1.30. The third-order valence-electron chi connectivity index (χ3n) is 2.77. The molecule has 0 fully saturated rings. The Kier molecular flexibility index (Phi) is 3.83. The van der Waals surface area contributed by atoms with Gasteiger partial charge in [0.15, 0.2) is 5.65 Å². The van der Waals surface area contributed by atoms with Crippen molar-refractivity contribution in [2.24, 2.45) is 5.92 Å². The highest BCUT2D eigenvalue weighted by Crippen LogP contribution is 2.10. The summed E-state index contributed by atoms with van der Waals surface area (Å²) >= 11 is 4.31. The van der Waals surface area contributed by atoms with Gasteiger partial charge in [-0.2, -0.15) is 12.6 Å². The average Bonchev–Trinajstić information content (AvgIpc) is 2.66. The smallest absolute Gasteiger partial charge is 0.259 e. The Bertz CT molecular complexity index is 548. The number of fused-ring (bicyclic) bond motifs is 1. The van der Waals surface area contributed by atoms with Crippen molar-refractivity contribution >= 4 is 18.3 Å². The van der Waals surface area contributed by atoms with Crippen molar-refractivity contribution in [2.45, 2.75) is 26.3 Å². The molecule has 92 valence electrons. The van der Waals surface area contributed by atoms with E-state index in [1.54, 1.807) is 18.6 Å². The zero-order valence-electron chi connectivity index (χ0n) is 9.78. The van der Waals surface area contributed by atoms with Crippen molar-refractivity contribution in [1.82, 2.24) is 19.2 Å². The summed E-state index contributed by atoms with van der Waals surface area (Å²) in [6.07, 6.45) is 6.96. The minimum Gasteiger partial charge on any atom is -0.259 e. The van der Waals surface area contributed by atoms with Crippen molar-refractivity contribution < 1.29 is 0 Å². The van der Waals surface area contributed by atoms with E-state index in [1.807, 2.05) is 0 Å². The van der Waals surface area contributed by atoms with Crippen molar-refractivity contribution in [2.75, 3.05) is 5.75 Å². The number of rotatable bonds is 5. The van der Waals surface area contributed by atoms with Crippen molar-refractivity contribution in [3.8, 4) is 0 Å². The lowest BCUT2D eigenvalue weighted by molar-refractivity contribution is 0.419. The maximum absolute atomic E-state index is 12.0. The monoisotopic (exact) mass is 252 g/mol. The van der Waals surface area contributed by atoms with Crippen LogP contribution in [-0.2, 0) is 6.54 Å². The van der Waals surface area contributed by atoms with Gasteiger partial charge in [0, 0.05) is 12.4 Å². The molecule has 1 unspecified atom stereocenters. The van der Waals surface area contributed by atoms with Crippen LogP contribution in [0.1, 0.15) is 19.8 Å². The molecular weight excluding hydrogens is 236 g/mol. The summed E-state index contributed by atoms with van der Waals surface area (Å²) in [6, 6.07) is 0. The van der Waals surface area contributed by atoms with Gasteiger partial charge in [-0.25, -0.2) is 13.9 Å². The molecule has 0 bridgehead atoms. The predicted molar refractivity (Wildman–Crippen MR) is 69.5 cm³/mol. The molecule has 0 aromatic carbocycles. The number of hydrogen-bond donors (Lipinski definition) is 1. The van der Waals surface area contributed by atoms with Gasteiger partial charge in [0.2, 0.25) is 0 Å². The quantitative estimate of drug-likeness (QED) is 0.815. The lowest BCUT2D eigenvalue weighted by Gasteiger charge is -2.11. The molecule has 2 aromatic heterocycles. The van der Waals surface area contributed by atoms with Gasteiger partial charge in [0.1, 0.15) is 0 Å². The van der Waals surface area contributed by atoms with Crippen LogP contribution in [0.4, 0.5) is 0 Å². The largest absolute Gasteiger partial charge is 0.350 e. The normalized spacial score (nSPS) is 13.1. The highest BCUT2D eigenvalue weighted by Gasteiger charge is 2.11. The molecule has 0 radical (unpaired) electrons. The van der Waals surface area contributed by atoms with Crippen molar-refractivity contribution in [3.63, 3.8) is 0 Å². The minimum absolute atomic E-state index is 0.106. The zero-order chi connectivity index (χ0) is 12.3. The first kappa shape index (κ1) is 12.2. The lowest BCUT2D eigenvalue weighted by Crippen LogP contribution is -2.25. The van der Waals surface area contributed by atoms with E-state index in [4.69, 9.17) is 0 Å². The van der Waals surface area contributed by atoms with Crippen LogP contribution in [0, 0.1) is 5.92 Å². The van der Waals surface area contributed by atoms with Crippen LogP contribution < -0.4 is 5.69 Å². The summed E-state index contributed by atoms with van der Waals surface area (Å²) in [5, 5.41) is 4.25. The summed E-state index contributed by atoms with van der Waals surface area (Å²) in [5.41, 5.74) is 0.484. The van der Waals surface area contributed by atoms with Crippen LogP contribution in [0.5, 0.6) is 0 Å². The van der Waals surface area contributed by atoms with Crippen LogP contribution in [0.15, 0.2) is 23.4 Å². The molecular formula is C11H16N4OS. The van der Waals surface area contributed by atoms with Crippen LogP contribution in [0.25, 0.3) is 5.65 Å². The summed E-state index contributed by atoms with van der Waals surface area (Å²) in [6.45, 7) is 2.75. The second kappa shape index (κ2) is 5.35. The molecule has 0 spiro atoms. The molecule has 6 heteroatoms. The lowest BCUT2D eigenvalue weighted by atomic mass is 10.1. The Balaban J connectivity index is 2.29. The Labute approximate surface area is 105 Å². The standard InChI is InChI=1S/C11H16N4OS/c1-2-3-9(8-17)7-15-11(16)14-5-4-12-6-10(14)13-15/h4-6,9,17H,2-3,7-8H2,1H3. The number of hydrogen-bond acceptors (Lipinski definition) is 4. The molecule has 0 N–H and O–H groups in total. The first-order valence-corrected chi connectivity index (χ1v) is 6.39. The van der Waals surface area contributed by atoms with E-state index in [-0.39, 0.29) is 5.69 Å². The van der Waals surface area contributed by atoms with Crippen LogP contribution in [0.3, 0.4) is 0 Å². The molecule has 1 atom stereocenters. The fourth-order valence-electron chi connectivity index (χ4n) is 1.89. The molecule has 0 aliphatic rings. The topological polar surface area (TPSA) is 52.2 Å². The molecule has 0 aliphatic carbocycles. The van der Waals surface area contributed by atoms with E-state index < -0.39 is 0 Å². The van der Waals surface area contributed by atoms with Gasteiger partial charge in [0.25, 0.3) is 0 Å². The van der Waals surface area contributed by atoms with Gasteiger partial charge in [-0.1, -0.05) is 13.3 Å². The van der Waals surface area contributed by atoms with Gasteiger partial charge in [-0.15, -0.1) is 5.10 Å². The fraction of sp³-hybridized carbons (Fsp3) is 0.545. The molecule has 0 aliphatic heterocycles. The predicted octanol–water partition coefficient (Wildman–Crippen LogP) is 1.24. The number of nitrogens with zero attached hydrogens (tertiary/aromatic N) is 4. The fourth-order valence-corrected chi connectivity index (χ4v) is 2.19. The second-order valence-corrected chi connectivity index (χ2v) is 4.47. The minimum atomic E-state index is -0.106. The van der Waals surface area contributed by atoms with Crippen LogP contribution in [0.2, 0.25) is 0 Å². The van der Waals surface area contributed by atoms with Crippen molar-refractivity contribution in [3.05, 3.63) is 29.1 Å².